The summed E-state index contributed by atoms with van der Waals surface area (Å²) in [5, 5.41) is 7.54. The number of hydrogen-bond donors (Lipinski definition) is 1. The van der Waals surface area contributed by atoms with Crippen molar-refractivity contribution in [2.24, 2.45) is 7.05 Å². The number of aryl methyl sites for hydroxylation is 1. The molecule has 90 valence electrons. The maximum absolute atomic E-state index is 13.8. The topological polar surface area (TPSA) is 29.9 Å². The van der Waals surface area contributed by atoms with E-state index in [1.165, 1.54) is 6.07 Å². The molecule has 0 saturated carbocycles. The second-order valence-corrected chi connectivity index (χ2v) is 4.21. The summed E-state index contributed by atoms with van der Waals surface area (Å²) >= 11 is 6.05. The first-order valence-electron chi connectivity index (χ1n) is 5.23. The summed E-state index contributed by atoms with van der Waals surface area (Å²) in [6.45, 7) is 0. The number of halogens is 2. The number of nitrogens with zero attached hydrogens (tertiary/aromatic N) is 2. The highest BCUT2D eigenvalue weighted by Crippen LogP contribution is 2.29. The molecule has 1 atom stereocenters. The van der Waals surface area contributed by atoms with Gasteiger partial charge >= 0.3 is 0 Å². The van der Waals surface area contributed by atoms with Crippen LogP contribution in [0.2, 0.25) is 5.02 Å². The van der Waals surface area contributed by atoms with Crippen molar-refractivity contribution in [1.82, 2.24) is 15.1 Å². The summed E-state index contributed by atoms with van der Waals surface area (Å²) in [6.07, 6.45) is 3.54. The Morgan fingerprint density at radius 3 is 2.76 bits per heavy atom. The third-order valence-corrected chi connectivity index (χ3v) is 2.96. The largest absolute Gasteiger partial charge is 0.309 e. The fraction of sp³-hybridized carbons (Fsp3) is 0.250. The van der Waals surface area contributed by atoms with Crippen LogP contribution in [0.3, 0.4) is 0 Å². The molecule has 3 nitrogen and oxygen atoms in total. The Hall–Kier alpha value is -1.39. The SMILES string of the molecule is CNC(c1cnn(C)c1)c1c(F)cccc1Cl. The van der Waals surface area contributed by atoms with E-state index < -0.39 is 0 Å². The van der Waals surface area contributed by atoms with Crippen LogP contribution >= 0.6 is 11.6 Å². The summed E-state index contributed by atoms with van der Waals surface area (Å²) in [6, 6.07) is 4.39. The number of hydrogen-bond acceptors (Lipinski definition) is 2. The Bertz CT molecular complexity index is 504. The Labute approximate surface area is 104 Å². The minimum atomic E-state index is -0.319. The van der Waals surface area contributed by atoms with Gasteiger partial charge in [-0.2, -0.15) is 5.10 Å². The summed E-state index contributed by atoms with van der Waals surface area (Å²) in [7, 11) is 3.58. The van der Waals surface area contributed by atoms with E-state index in [9.17, 15) is 4.39 Å². The average Bonchev–Trinajstić information content (AvgIpc) is 2.70. The van der Waals surface area contributed by atoms with Gasteiger partial charge in [-0.05, 0) is 19.2 Å². The lowest BCUT2D eigenvalue weighted by Gasteiger charge is -2.17. The molecule has 0 bridgehead atoms. The predicted molar refractivity (Wildman–Crippen MR) is 65.5 cm³/mol. The van der Waals surface area contributed by atoms with Crippen molar-refractivity contribution in [1.29, 1.82) is 0 Å². The third-order valence-electron chi connectivity index (χ3n) is 2.64. The Balaban J connectivity index is 2.49. The van der Waals surface area contributed by atoms with E-state index >= 15 is 0 Å². The molecule has 1 heterocycles. The lowest BCUT2D eigenvalue weighted by Crippen LogP contribution is -2.19. The molecule has 0 radical (unpaired) electrons. The highest BCUT2D eigenvalue weighted by molar-refractivity contribution is 6.31. The van der Waals surface area contributed by atoms with E-state index in [1.807, 2.05) is 13.2 Å². The molecule has 0 aliphatic carbocycles. The Morgan fingerprint density at radius 2 is 2.24 bits per heavy atom. The van der Waals surface area contributed by atoms with E-state index in [4.69, 9.17) is 11.6 Å². The molecule has 0 aliphatic heterocycles. The smallest absolute Gasteiger partial charge is 0.129 e. The molecular formula is C12H13ClFN3. The molecule has 0 amide bonds. The third kappa shape index (κ3) is 2.33. The number of nitrogens with one attached hydrogen (secondary N) is 1. The molecule has 0 saturated heterocycles. The molecule has 0 aliphatic rings. The minimum absolute atomic E-state index is 0.294. The molecule has 1 aromatic carbocycles. The molecule has 1 N–H and O–H groups in total. The standard InChI is InChI=1S/C12H13ClFN3/c1-15-12(8-6-16-17(2)7-8)11-9(13)4-3-5-10(11)14/h3-7,12,15H,1-2H3. The molecule has 5 heteroatoms. The van der Waals surface area contributed by atoms with Gasteiger partial charge in [0.25, 0.3) is 0 Å². The number of rotatable bonds is 3. The van der Waals surface area contributed by atoms with Crippen molar-refractivity contribution < 1.29 is 4.39 Å². The molecule has 17 heavy (non-hydrogen) atoms. The van der Waals surface area contributed by atoms with Gasteiger partial charge in [-0.25, -0.2) is 4.39 Å². The monoisotopic (exact) mass is 253 g/mol. The van der Waals surface area contributed by atoms with Crippen molar-refractivity contribution in [2.45, 2.75) is 6.04 Å². The van der Waals surface area contributed by atoms with E-state index in [0.29, 0.717) is 10.6 Å². The number of benzene rings is 1. The van der Waals surface area contributed by atoms with Gasteiger partial charge < -0.3 is 5.32 Å². The molecule has 2 aromatic rings. The maximum Gasteiger partial charge on any atom is 0.129 e. The summed E-state index contributed by atoms with van der Waals surface area (Å²) < 4.78 is 15.5. The van der Waals surface area contributed by atoms with Gasteiger partial charge in [0.2, 0.25) is 0 Å². The molecule has 0 fully saturated rings. The molecule has 0 spiro atoms. The van der Waals surface area contributed by atoms with Crippen molar-refractivity contribution in [3.8, 4) is 0 Å². The zero-order chi connectivity index (χ0) is 12.4. The van der Waals surface area contributed by atoms with Crippen LogP contribution in [0.1, 0.15) is 17.2 Å². The van der Waals surface area contributed by atoms with Gasteiger partial charge in [-0.3, -0.25) is 4.68 Å². The zero-order valence-corrected chi connectivity index (χ0v) is 10.4. The fourth-order valence-electron chi connectivity index (χ4n) is 1.85. The van der Waals surface area contributed by atoms with Crippen LogP contribution in [0, 0.1) is 5.82 Å². The van der Waals surface area contributed by atoms with Gasteiger partial charge in [-0.1, -0.05) is 17.7 Å². The molecule has 2 rings (SSSR count). The fourth-order valence-corrected chi connectivity index (χ4v) is 2.13. The van der Waals surface area contributed by atoms with Gasteiger partial charge in [0.05, 0.1) is 12.2 Å². The van der Waals surface area contributed by atoms with Gasteiger partial charge in [0, 0.05) is 29.4 Å². The Kier molecular flexibility index (Phi) is 3.45. The zero-order valence-electron chi connectivity index (χ0n) is 9.61. The highest BCUT2D eigenvalue weighted by Gasteiger charge is 2.20. The van der Waals surface area contributed by atoms with Crippen molar-refractivity contribution in [3.63, 3.8) is 0 Å². The first-order valence-corrected chi connectivity index (χ1v) is 5.61. The summed E-state index contributed by atoms with van der Waals surface area (Å²) in [5.41, 5.74) is 1.33. The van der Waals surface area contributed by atoms with E-state index in [0.717, 1.165) is 5.56 Å². The van der Waals surface area contributed by atoms with Gasteiger partial charge in [0.1, 0.15) is 5.82 Å². The van der Waals surface area contributed by atoms with Crippen LogP contribution in [0.5, 0.6) is 0 Å². The maximum atomic E-state index is 13.8. The van der Waals surface area contributed by atoms with Crippen LogP contribution in [0.25, 0.3) is 0 Å². The van der Waals surface area contributed by atoms with Gasteiger partial charge in [0.15, 0.2) is 0 Å². The van der Waals surface area contributed by atoms with E-state index in [1.54, 1.807) is 30.1 Å². The summed E-state index contributed by atoms with van der Waals surface area (Å²) in [5.74, 6) is -0.319. The van der Waals surface area contributed by atoms with Crippen LogP contribution < -0.4 is 5.32 Å². The van der Waals surface area contributed by atoms with Crippen LogP contribution in [0.15, 0.2) is 30.6 Å². The number of aromatic nitrogens is 2. The second-order valence-electron chi connectivity index (χ2n) is 3.80. The highest BCUT2D eigenvalue weighted by atomic mass is 35.5. The Morgan fingerprint density at radius 1 is 1.47 bits per heavy atom. The molecular weight excluding hydrogens is 241 g/mol. The lowest BCUT2D eigenvalue weighted by atomic mass is 10.0. The van der Waals surface area contributed by atoms with Crippen molar-refractivity contribution in [3.05, 3.63) is 52.6 Å². The summed E-state index contributed by atoms with van der Waals surface area (Å²) in [4.78, 5) is 0. The van der Waals surface area contributed by atoms with Crippen LogP contribution in [-0.2, 0) is 7.05 Å². The van der Waals surface area contributed by atoms with Crippen LogP contribution in [-0.4, -0.2) is 16.8 Å². The van der Waals surface area contributed by atoms with Crippen molar-refractivity contribution >= 4 is 11.6 Å². The first-order chi connectivity index (χ1) is 8.13. The van der Waals surface area contributed by atoms with Crippen LogP contribution in [0.4, 0.5) is 4.39 Å². The van der Waals surface area contributed by atoms with Gasteiger partial charge in [-0.15, -0.1) is 0 Å². The normalized spacial score (nSPS) is 12.7. The molecule has 1 unspecified atom stereocenters. The first kappa shape index (κ1) is 12.1. The predicted octanol–water partition coefficient (Wildman–Crippen LogP) is 2.52. The lowest BCUT2D eigenvalue weighted by molar-refractivity contribution is 0.576. The molecule has 1 aromatic heterocycles. The van der Waals surface area contributed by atoms with E-state index in [2.05, 4.69) is 10.4 Å². The second kappa shape index (κ2) is 4.85. The van der Waals surface area contributed by atoms with Crippen molar-refractivity contribution in [2.75, 3.05) is 7.05 Å². The average molecular weight is 254 g/mol. The van der Waals surface area contributed by atoms with E-state index in [-0.39, 0.29) is 11.9 Å². The minimum Gasteiger partial charge on any atom is -0.309 e. The quantitative estimate of drug-likeness (QED) is 0.911.